The van der Waals surface area contributed by atoms with Crippen molar-refractivity contribution in [3.05, 3.63) is 35.2 Å². The third-order valence-corrected chi connectivity index (χ3v) is 2.34. The van der Waals surface area contributed by atoms with Crippen molar-refractivity contribution >= 4 is 23.3 Å². The number of nitrogen functional groups attached to an aromatic ring is 1. The van der Waals surface area contributed by atoms with Crippen molar-refractivity contribution in [3.8, 4) is 5.82 Å². The Balaban J connectivity index is 2.53. The van der Waals surface area contributed by atoms with Crippen LogP contribution < -0.4 is 5.73 Å². The second-order valence-corrected chi connectivity index (χ2v) is 3.63. The Morgan fingerprint density at radius 3 is 2.94 bits per heavy atom. The third kappa shape index (κ3) is 2.07. The lowest BCUT2D eigenvalue weighted by Crippen LogP contribution is -2.10. The van der Waals surface area contributed by atoms with Crippen molar-refractivity contribution in [2.75, 3.05) is 12.8 Å². The zero-order valence-electron chi connectivity index (χ0n) is 8.92. The normalized spacial score (nSPS) is 10.2. The number of hydrogen-bond donors (Lipinski definition) is 1. The van der Waals surface area contributed by atoms with Gasteiger partial charge in [-0.2, -0.15) is 5.10 Å². The maximum absolute atomic E-state index is 11.4. The molecule has 2 aromatic heterocycles. The number of methoxy groups -OCH3 is 1. The van der Waals surface area contributed by atoms with Crippen LogP contribution in [0, 0.1) is 0 Å². The van der Waals surface area contributed by atoms with Gasteiger partial charge in [-0.05, 0) is 6.07 Å². The molecule has 6 nitrogen and oxygen atoms in total. The second kappa shape index (κ2) is 4.42. The van der Waals surface area contributed by atoms with Crippen LogP contribution in [0.25, 0.3) is 5.82 Å². The number of nitrogens with two attached hydrogens (primary N) is 1. The highest BCUT2D eigenvalue weighted by molar-refractivity contribution is 6.30. The number of pyridine rings is 1. The highest BCUT2D eigenvalue weighted by Gasteiger charge is 2.15. The molecule has 7 heteroatoms. The predicted octanol–water partition coefficient (Wildman–Crippen LogP) is 1.29. The van der Waals surface area contributed by atoms with E-state index < -0.39 is 5.97 Å². The Bertz CT molecular complexity index is 567. The summed E-state index contributed by atoms with van der Waals surface area (Å²) in [7, 11) is 1.28. The molecule has 17 heavy (non-hydrogen) atoms. The molecule has 0 unspecified atom stereocenters. The molecule has 2 N–H and O–H groups in total. The van der Waals surface area contributed by atoms with Crippen LogP contribution in [0.3, 0.4) is 0 Å². The van der Waals surface area contributed by atoms with Crippen molar-refractivity contribution in [1.82, 2.24) is 14.8 Å². The number of ether oxygens (including phenoxy) is 1. The minimum Gasteiger partial charge on any atom is -0.465 e. The van der Waals surface area contributed by atoms with E-state index in [0.29, 0.717) is 10.8 Å². The molecule has 0 aliphatic heterocycles. The van der Waals surface area contributed by atoms with Gasteiger partial charge in [-0.3, -0.25) is 0 Å². The maximum Gasteiger partial charge on any atom is 0.340 e. The van der Waals surface area contributed by atoms with Gasteiger partial charge in [-0.25, -0.2) is 14.5 Å². The summed E-state index contributed by atoms with van der Waals surface area (Å²) in [5.74, 6) is -0.191. The molecule has 0 bridgehead atoms. The summed E-state index contributed by atoms with van der Waals surface area (Å²) in [6, 6.07) is 1.48. The van der Waals surface area contributed by atoms with Gasteiger partial charge in [0, 0.05) is 6.20 Å². The molecule has 0 radical (unpaired) electrons. The molecular weight excluding hydrogens is 244 g/mol. The van der Waals surface area contributed by atoms with E-state index in [4.69, 9.17) is 17.3 Å². The van der Waals surface area contributed by atoms with Crippen LogP contribution >= 0.6 is 11.6 Å². The van der Waals surface area contributed by atoms with E-state index in [1.54, 1.807) is 6.20 Å². The number of rotatable bonds is 2. The SMILES string of the molecule is COC(=O)c1ccnc(-n2cc(Cl)cn2)c1N. The molecule has 0 aliphatic rings. The summed E-state index contributed by atoms with van der Waals surface area (Å²) in [5.41, 5.74) is 6.27. The molecule has 2 rings (SSSR count). The van der Waals surface area contributed by atoms with Gasteiger partial charge in [0.1, 0.15) is 0 Å². The summed E-state index contributed by atoms with van der Waals surface area (Å²) in [4.78, 5) is 15.5. The highest BCUT2D eigenvalue weighted by atomic mass is 35.5. The fraction of sp³-hybridized carbons (Fsp3) is 0.100. The molecule has 0 saturated carbocycles. The fourth-order valence-corrected chi connectivity index (χ4v) is 1.49. The first-order chi connectivity index (χ1) is 8.13. The van der Waals surface area contributed by atoms with E-state index in [0.717, 1.165) is 0 Å². The first-order valence-corrected chi connectivity index (χ1v) is 5.04. The standard InChI is InChI=1S/C10H9ClN4O2/c1-17-10(16)7-2-3-13-9(8(7)12)15-5-6(11)4-14-15/h2-5H,12H2,1H3. The molecule has 2 aromatic rings. The largest absolute Gasteiger partial charge is 0.465 e. The molecule has 0 fully saturated rings. The van der Waals surface area contributed by atoms with Crippen LogP contribution in [-0.2, 0) is 4.74 Å². The topological polar surface area (TPSA) is 83.0 Å². The Morgan fingerprint density at radius 2 is 2.35 bits per heavy atom. The average Bonchev–Trinajstić information content (AvgIpc) is 2.75. The summed E-state index contributed by atoms with van der Waals surface area (Å²) < 4.78 is 6.00. The number of hydrogen-bond acceptors (Lipinski definition) is 5. The summed E-state index contributed by atoms with van der Waals surface area (Å²) in [6.45, 7) is 0. The van der Waals surface area contributed by atoms with Crippen molar-refractivity contribution < 1.29 is 9.53 Å². The van der Waals surface area contributed by atoms with Crippen molar-refractivity contribution in [3.63, 3.8) is 0 Å². The van der Waals surface area contributed by atoms with Crippen LogP contribution in [0.2, 0.25) is 5.02 Å². The van der Waals surface area contributed by atoms with Crippen molar-refractivity contribution in [2.45, 2.75) is 0 Å². The minimum absolute atomic E-state index is 0.194. The van der Waals surface area contributed by atoms with Crippen LogP contribution in [0.4, 0.5) is 5.69 Å². The molecule has 2 heterocycles. The van der Waals surface area contributed by atoms with E-state index in [-0.39, 0.29) is 11.3 Å². The van der Waals surface area contributed by atoms with E-state index in [9.17, 15) is 4.79 Å². The first-order valence-electron chi connectivity index (χ1n) is 4.67. The predicted molar refractivity (Wildman–Crippen MR) is 62.1 cm³/mol. The van der Waals surface area contributed by atoms with Gasteiger partial charge < -0.3 is 10.5 Å². The lowest BCUT2D eigenvalue weighted by atomic mass is 10.2. The van der Waals surface area contributed by atoms with Gasteiger partial charge in [0.15, 0.2) is 5.82 Å². The molecule has 88 valence electrons. The van der Waals surface area contributed by atoms with Crippen LogP contribution in [0.15, 0.2) is 24.7 Å². The number of carbonyl (C=O) groups excluding carboxylic acids is 1. The molecule has 0 saturated heterocycles. The van der Waals surface area contributed by atoms with E-state index in [1.165, 1.54) is 30.3 Å². The Kier molecular flexibility index (Phi) is 2.97. The van der Waals surface area contributed by atoms with Gasteiger partial charge in [0.25, 0.3) is 0 Å². The Morgan fingerprint density at radius 1 is 1.59 bits per heavy atom. The molecule has 0 atom stereocenters. The van der Waals surface area contributed by atoms with E-state index in [1.807, 2.05) is 0 Å². The minimum atomic E-state index is -0.524. The zero-order chi connectivity index (χ0) is 12.4. The van der Waals surface area contributed by atoms with Crippen molar-refractivity contribution in [1.29, 1.82) is 0 Å². The van der Waals surface area contributed by atoms with Gasteiger partial charge in [-0.15, -0.1) is 0 Å². The maximum atomic E-state index is 11.4. The molecule has 0 spiro atoms. The van der Waals surface area contributed by atoms with Gasteiger partial charge in [0.05, 0.1) is 35.8 Å². The number of esters is 1. The second-order valence-electron chi connectivity index (χ2n) is 3.19. The average molecular weight is 253 g/mol. The quantitative estimate of drug-likeness (QED) is 0.815. The smallest absolute Gasteiger partial charge is 0.340 e. The van der Waals surface area contributed by atoms with Gasteiger partial charge in [0.2, 0.25) is 0 Å². The Hall–Kier alpha value is -2.08. The van der Waals surface area contributed by atoms with Crippen LogP contribution in [-0.4, -0.2) is 27.8 Å². The van der Waals surface area contributed by atoms with Crippen LogP contribution in [0.1, 0.15) is 10.4 Å². The first kappa shape index (κ1) is 11.4. The fourth-order valence-electron chi connectivity index (χ4n) is 1.35. The van der Waals surface area contributed by atoms with Crippen LogP contribution in [0.5, 0.6) is 0 Å². The van der Waals surface area contributed by atoms with Crippen molar-refractivity contribution in [2.24, 2.45) is 0 Å². The van der Waals surface area contributed by atoms with Gasteiger partial charge >= 0.3 is 5.97 Å². The Labute approximate surface area is 102 Å². The lowest BCUT2D eigenvalue weighted by molar-refractivity contribution is 0.0602. The molecule has 0 aliphatic carbocycles. The number of halogens is 1. The zero-order valence-corrected chi connectivity index (χ0v) is 9.68. The number of anilines is 1. The van der Waals surface area contributed by atoms with Gasteiger partial charge in [-0.1, -0.05) is 11.6 Å². The number of nitrogens with zero attached hydrogens (tertiary/aromatic N) is 3. The highest BCUT2D eigenvalue weighted by Crippen LogP contribution is 2.20. The molecular formula is C10H9ClN4O2. The monoisotopic (exact) mass is 252 g/mol. The molecule has 0 aromatic carbocycles. The third-order valence-electron chi connectivity index (χ3n) is 2.14. The summed E-state index contributed by atoms with van der Waals surface area (Å²) in [6.07, 6.45) is 4.45. The van der Waals surface area contributed by atoms with E-state index in [2.05, 4.69) is 14.8 Å². The van der Waals surface area contributed by atoms with E-state index >= 15 is 0 Å². The number of carbonyl (C=O) groups is 1. The molecule has 0 amide bonds. The summed E-state index contributed by atoms with van der Waals surface area (Å²) in [5, 5.41) is 4.42. The number of aromatic nitrogens is 3. The lowest BCUT2D eigenvalue weighted by Gasteiger charge is -2.07. The summed E-state index contributed by atoms with van der Waals surface area (Å²) >= 11 is 5.75.